The number of hydrogen-bond donors (Lipinski definition) is 1. The number of rotatable bonds is 7. The number of sulfonamides is 1. The van der Waals surface area contributed by atoms with Crippen LogP contribution < -0.4 is 9.62 Å². The Morgan fingerprint density at radius 3 is 2.21 bits per heavy atom. The number of anilines is 2. The Morgan fingerprint density at radius 2 is 1.64 bits per heavy atom. The van der Waals surface area contributed by atoms with Crippen molar-refractivity contribution in [2.45, 2.75) is 31.2 Å². The molecule has 0 aliphatic rings. The Labute approximate surface area is 167 Å². The maximum Gasteiger partial charge on any atom is 0.261 e. The fraction of sp³-hybridized carbons (Fsp3) is 0.227. The molecule has 1 heterocycles. The van der Waals surface area contributed by atoms with Gasteiger partial charge in [0, 0.05) is 13.6 Å². The van der Waals surface area contributed by atoms with Crippen LogP contribution in [0.1, 0.15) is 30.9 Å². The van der Waals surface area contributed by atoms with E-state index in [1.165, 1.54) is 11.8 Å². The van der Waals surface area contributed by atoms with Gasteiger partial charge in [-0.25, -0.2) is 13.4 Å². The number of hydrogen-bond acceptors (Lipinski definition) is 4. The van der Waals surface area contributed by atoms with Gasteiger partial charge < -0.3 is 4.90 Å². The lowest BCUT2D eigenvalue weighted by Gasteiger charge is -2.18. The zero-order valence-corrected chi connectivity index (χ0v) is 17.1. The first-order valence-electron chi connectivity index (χ1n) is 9.19. The summed E-state index contributed by atoms with van der Waals surface area (Å²) in [5, 5.41) is 0. The van der Waals surface area contributed by atoms with Crippen molar-refractivity contribution in [2.75, 3.05) is 16.7 Å². The third kappa shape index (κ3) is 4.89. The lowest BCUT2D eigenvalue weighted by Crippen LogP contribution is -2.18. The summed E-state index contributed by atoms with van der Waals surface area (Å²) in [5.41, 5.74) is 2.72. The van der Waals surface area contributed by atoms with Crippen LogP contribution in [0.2, 0.25) is 0 Å². The third-order valence-electron chi connectivity index (χ3n) is 4.51. The fourth-order valence-corrected chi connectivity index (χ4v) is 3.90. The van der Waals surface area contributed by atoms with Gasteiger partial charge in [-0.3, -0.25) is 4.72 Å². The highest BCUT2D eigenvalue weighted by atomic mass is 32.2. The van der Waals surface area contributed by atoms with Gasteiger partial charge in [-0.2, -0.15) is 0 Å². The molecule has 146 valence electrons. The summed E-state index contributed by atoms with van der Waals surface area (Å²) in [6.07, 6.45) is 1.54. The Bertz CT molecular complexity index is 1000. The molecule has 1 N–H and O–H groups in total. The number of pyridine rings is 1. The van der Waals surface area contributed by atoms with E-state index in [-0.39, 0.29) is 4.90 Å². The minimum atomic E-state index is -3.64. The van der Waals surface area contributed by atoms with E-state index in [2.05, 4.69) is 35.7 Å². The van der Waals surface area contributed by atoms with E-state index in [1.807, 2.05) is 48.3 Å². The average Bonchev–Trinajstić information content (AvgIpc) is 2.69. The maximum absolute atomic E-state index is 12.6. The van der Waals surface area contributed by atoms with Crippen molar-refractivity contribution in [2.24, 2.45) is 0 Å². The Kier molecular flexibility index (Phi) is 5.99. The van der Waals surface area contributed by atoms with Crippen LogP contribution in [0.4, 0.5) is 11.5 Å². The zero-order chi connectivity index (χ0) is 20.1. The van der Waals surface area contributed by atoms with Crippen LogP contribution in [0.3, 0.4) is 0 Å². The molecule has 5 nitrogen and oxygen atoms in total. The first-order chi connectivity index (χ1) is 13.3. The number of benzene rings is 2. The molecule has 2 aromatic carbocycles. The first kappa shape index (κ1) is 19.9. The Morgan fingerprint density at radius 1 is 0.964 bits per heavy atom. The monoisotopic (exact) mass is 395 g/mol. The maximum atomic E-state index is 12.6. The normalized spacial score (nSPS) is 11.4. The van der Waals surface area contributed by atoms with Gasteiger partial charge >= 0.3 is 0 Å². The highest BCUT2D eigenvalue weighted by molar-refractivity contribution is 7.92. The number of nitrogens with one attached hydrogen (secondary N) is 1. The SMILES string of the molecule is CC(C)c1ccc(S(=O)(=O)Nc2ccc(N(C)Cc3ccccc3)nc2)cc1. The van der Waals surface area contributed by atoms with E-state index < -0.39 is 10.0 Å². The van der Waals surface area contributed by atoms with Crippen LogP contribution in [-0.2, 0) is 16.6 Å². The molecule has 0 unspecified atom stereocenters. The first-order valence-corrected chi connectivity index (χ1v) is 10.7. The standard InChI is InChI=1S/C22H25N3O2S/c1-17(2)19-9-12-21(13-10-19)28(26,27)24-20-11-14-22(23-15-20)25(3)16-18-7-5-4-6-8-18/h4-15,17,24H,16H2,1-3H3. The molecular formula is C22H25N3O2S. The lowest BCUT2D eigenvalue weighted by atomic mass is 10.0. The molecule has 3 aromatic rings. The van der Waals surface area contributed by atoms with E-state index in [0.29, 0.717) is 11.6 Å². The molecule has 28 heavy (non-hydrogen) atoms. The van der Waals surface area contributed by atoms with Crippen molar-refractivity contribution in [3.8, 4) is 0 Å². The summed E-state index contributed by atoms with van der Waals surface area (Å²) in [6, 6.07) is 20.6. The Hall–Kier alpha value is -2.86. The van der Waals surface area contributed by atoms with Gasteiger partial charge in [0.05, 0.1) is 16.8 Å². The molecular weight excluding hydrogens is 370 g/mol. The summed E-state index contributed by atoms with van der Waals surface area (Å²) in [4.78, 5) is 6.64. The van der Waals surface area contributed by atoms with Crippen LogP contribution >= 0.6 is 0 Å². The van der Waals surface area contributed by atoms with E-state index in [0.717, 1.165) is 17.9 Å². The van der Waals surface area contributed by atoms with Gasteiger partial charge in [0.25, 0.3) is 10.0 Å². The van der Waals surface area contributed by atoms with E-state index in [1.54, 1.807) is 18.2 Å². The third-order valence-corrected chi connectivity index (χ3v) is 5.91. The fourth-order valence-electron chi connectivity index (χ4n) is 2.86. The van der Waals surface area contributed by atoms with E-state index in [4.69, 9.17) is 0 Å². The number of aromatic nitrogens is 1. The molecule has 3 rings (SSSR count). The van der Waals surface area contributed by atoms with Crippen molar-refractivity contribution >= 4 is 21.5 Å². The molecule has 0 amide bonds. The predicted octanol–water partition coefficient (Wildman–Crippen LogP) is 4.64. The van der Waals surface area contributed by atoms with Gasteiger partial charge in [-0.05, 0) is 41.3 Å². The van der Waals surface area contributed by atoms with E-state index >= 15 is 0 Å². The van der Waals surface area contributed by atoms with Gasteiger partial charge in [0.15, 0.2) is 0 Å². The van der Waals surface area contributed by atoms with Crippen LogP contribution in [-0.4, -0.2) is 20.4 Å². The lowest BCUT2D eigenvalue weighted by molar-refractivity contribution is 0.601. The summed E-state index contributed by atoms with van der Waals surface area (Å²) < 4.78 is 27.8. The molecule has 0 fully saturated rings. The molecule has 0 atom stereocenters. The second kappa shape index (κ2) is 8.44. The van der Waals surface area contributed by atoms with Crippen LogP contribution in [0, 0.1) is 0 Å². The molecule has 0 aliphatic heterocycles. The van der Waals surface area contributed by atoms with Crippen molar-refractivity contribution in [3.63, 3.8) is 0 Å². The molecule has 0 bridgehead atoms. The van der Waals surface area contributed by atoms with Gasteiger partial charge in [0.2, 0.25) is 0 Å². The summed E-state index contributed by atoms with van der Waals surface area (Å²) in [7, 11) is -1.69. The quantitative estimate of drug-likeness (QED) is 0.633. The van der Waals surface area contributed by atoms with Crippen LogP contribution in [0.5, 0.6) is 0 Å². The average molecular weight is 396 g/mol. The molecule has 6 heteroatoms. The second-order valence-electron chi connectivity index (χ2n) is 7.08. The highest BCUT2D eigenvalue weighted by Crippen LogP contribution is 2.21. The highest BCUT2D eigenvalue weighted by Gasteiger charge is 2.15. The van der Waals surface area contributed by atoms with Crippen molar-refractivity contribution in [3.05, 3.63) is 84.1 Å². The largest absolute Gasteiger partial charge is 0.355 e. The molecule has 0 radical (unpaired) electrons. The van der Waals surface area contributed by atoms with Crippen molar-refractivity contribution < 1.29 is 8.42 Å². The number of nitrogens with zero attached hydrogens (tertiary/aromatic N) is 2. The van der Waals surface area contributed by atoms with Crippen molar-refractivity contribution in [1.82, 2.24) is 4.98 Å². The molecule has 0 saturated carbocycles. The summed E-state index contributed by atoms with van der Waals surface area (Å²) in [5.74, 6) is 1.13. The van der Waals surface area contributed by atoms with E-state index in [9.17, 15) is 8.42 Å². The van der Waals surface area contributed by atoms with Gasteiger partial charge in [-0.1, -0.05) is 56.3 Å². The predicted molar refractivity (Wildman–Crippen MR) is 114 cm³/mol. The molecule has 0 spiro atoms. The molecule has 0 saturated heterocycles. The minimum Gasteiger partial charge on any atom is -0.355 e. The minimum absolute atomic E-state index is 0.238. The second-order valence-corrected chi connectivity index (χ2v) is 8.76. The van der Waals surface area contributed by atoms with Gasteiger partial charge in [0.1, 0.15) is 5.82 Å². The summed E-state index contributed by atoms with van der Waals surface area (Å²) >= 11 is 0. The zero-order valence-electron chi connectivity index (χ0n) is 16.3. The smallest absolute Gasteiger partial charge is 0.261 e. The van der Waals surface area contributed by atoms with Gasteiger partial charge in [-0.15, -0.1) is 0 Å². The topological polar surface area (TPSA) is 62.3 Å². The Balaban J connectivity index is 1.69. The van der Waals surface area contributed by atoms with Crippen molar-refractivity contribution in [1.29, 1.82) is 0 Å². The van der Waals surface area contributed by atoms with Crippen LogP contribution in [0.15, 0.2) is 77.8 Å². The molecule has 1 aromatic heterocycles. The van der Waals surface area contributed by atoms with Crippen LogP contribution in [0.25, 0.3) is 0 Å². The summed E-state index contributed by atoms with van der Waals surface area (Å²) in [6.45, 7) is 4.87. The molecule has 0 aliphatic carbocycles.